The van der Waals surface area contributed by atoms with Crippen molar-refractivity contribution in [3.05, 3.63) is 75.5 Å². The second-order valence-corrected chi connectivity index (χ2v) is 7.13. The van der Waals surface area contributed by atoms with Crippen LogP contribution in [-0.4, -0.2) is 26.7 Å². The Labute approximate surface area is 176 Å². The minimum Gasteiger partial charge on any atom is -0.494 e. The molecule has 0 aliphatic heterocycles. The number of aryl methyl sites for hydroxylation is 2. The molecule has 1 N–H and O–H groups in total. The van der Waals surface area contributed by atoms with Crippen molar-refractivity contribution in [2.45, 2.75) is 13.8 Å². The van der Waals surface area contributed by atoms with Gasteiger partial charge in [0.15, 0.2) is 22.5 Å². The molecule has 0 atom stereocenters. The molecule has 3 aromatic heterocycles. The molecule has 0 bridgehead atoms. The molecular weight excluding hydrogens is 394 g/mol. The van der Waals surface area contributed by atoms with Crippen LogP contribution in [-0.2, 0) is 0 Å². The number of aromatic nitrogens is 4. The molecule has 0 saturated carbocycles. The van der Waals surface area contributed by atoms with Crippen molar-refractivity contribution in [3.8, 4) is 28.3 Å². The van der Waals surface area contributed by atoms with Crippen LogP contribution in [0.15, 0.2) is 51.7 Å². The predicted octanol–water partition coefficient (Wildman–Crippen LogP) is 4.67. The number of fused-ring (bicyclic) bond motifs is 2. The first-order valence-corrected chi connectivity index (χ1v) is 9.56. The lowest BCUT2D eigenvalue weighted by molar-refractivity contribution is 0.416. The van der Waals surface area contributed by atoms with Crippen molar-refractivity contribution in [1.29, 1.82) is 0 Å². The number of benzene rings is 2. The average Bonchev–Trinajstić information content (AvgIpc) is 3.36. The molecule has 0 radical (unpaired) electrons. The summed E-state index contributed by atoms with van der Waals surface area (Å²) in [4.78, 5) is 26.2. The zero-order valence-electron chi connectivity index (χ0n) is 17.1. The molecule has 3 heterocycles. The maximum Gasteiger partial charge on any atom is 0.301 e. The highest BCUT2D eigenvalue weighted by atomic mass is 16.5. The normalized spacial score (nSPS) is 11.2. The first-order chi connectivity index (χ1) is 15.0. The quantitative estimate of drug-likeness (QED) is 0.436. The summed E-state index contributed by atoms with van der Waals surface area (Å²) in [6.45, 7) is 11.2. The van der Waals surface area contributed by atoms with E-state index in [-0.39, 0.29) is 17.3 Å². The minimum absolute atomic E-state index is 0.156. The molecule has 5 rings (SSSR count). The van der Waals surface area contributed by atoms with E-state index in [1.165, 1.54) is 4.52 Å². The highest BCUT2D eigenvalue weighted by molar-refractivity contribution is 5.88. The van der Waals surface area contributed by atoms with Gasteiger partial charge in [0.25, 0.3) is 5.82 Å². The smallest absolute Gasteiger partial charge is 0.301 e. The van der Waals surface area contributed by atoms with E-state index in [4.69, 9.17) is 15.7 Å². The van der Waals surface area contributed by atoms with E-state index in [0.717, 1.165) is 11.1 Å². The molecule has 0 fully saturated rings. The standard InChI is InChI=1S/C23H17N5O3/c1-12-10-11-15-18(19(12)30-4)26-22(31-15)16-13(2)25-21-17(14-8-6-5-7-9-14)20(24-3)27-28(21)23(16)29/h5-11,27H,1-2,4H3. The van der Waals surface area contributed by atoms with Crippen LogP contribution in [0.25, 0.3) is 44.2 Å². The zero-order chi connectivity index (χ0) is 21.7. The number of nitrogens with zero attached hydrogens (tertiary/aromatic N) is 4. The van der Waals surface area contributed by atoms with Crippen LogP contribution in [0.1, 0.15) is 11.3 Å². The van der Waals surface area contributed by atoms with Crippen LogP contribution in [0.5, 0.6) is 5.75 Å². The fourth-order valence-electron chi connectivity index (χ4n) is 3.80. The van der Waals surface area contributed by atoms with Gasteiger partial charge < -0.3 is 14.0 Å². The Morgan fingerprint density at radius 1 is 1.10 bits per heavy atom. The number of nitrogens with one attached hydrogen (secondary N) is 1. The Kier molecular flexibility index (Phi) is 4.12. The molecule has 2 aromatic carbocycles. The largest absolute Gasteiger partial charge is 0.494 e. The van der Waals surface area contributed by atoms with E-state index in [0.29, 0.717) is 33.8 Å². The molecule has 0 spiro atoms. The van der Waals surface area contributed by atoms with Gasteiger partial charge in [-0.25, -0.2) is 15.1 Å². The first-order valence-electron chi connectivity index (χ1n) is 9.56. The van der Waals surface area contributed by atoms with Gasteiger partial charge in [-0.3, -0.25) is 4.79 Å². The van der Waals surface area contributed by atoms with Gasteiger partial charge in [-0.15, -0.1) is 4.52 Å². The summed E-state index contributed by atoms with van der Waals surface area (Å²) in [6, 6.07) is 13.1. The second kappa shape index (κ2) is 6.85. The fraction of sp³-hybridized carbons (Fsp3) is 0.130. The Balaban J connectivity index is 1.80. The number of hydrogen-bond donors (Lipinski definition) is 1. The molecule has 0 aliphatic carbocycles. The van der Waals surface area contributed by atoms with Crippen molar-refractivity contribution < 1.29 is 9.15 Å². The van der Waals surface area contributed by atoms with Crippen molar-refractivity contribution in [1.82, 2.24) is 19.6 Å². The van der Waals surface area contributed by atoms with Gasteiger partial charge in [0.1, 0.15) is 5.56 Å². The summed E-state index contributed by atoms with van der Waals surface area (Å²) < 4.78 is 12.6. The maximum atomic E-state index is 13.4. The Morgan fingerprint density at radius 3 is 2.58 bits per heavy atom. The summed E-state index contributed by atoms with van der Waals surface area (Å²) in [5.41, 5.74) is 4.02. The third-order valence-corrected chi connectivity index (χ3v) is 5.25. The van der Waals surface area contributed by atoms with E-state index in [1.54, 1.807) is 20.1 Å². The van der Waals surface area contributed by atoms with Gasteiger partial charge in [0.05, 0.1) is 18.4 Å². The van der Waals surface area contributed by atoms with Crippen molar-refractivity contribution in [2.24, 2.45) is 0 Å². The van der Waals surface area contributed by atoms with Crippen LogP contribution in [0, 0.1) is 20.4 Å². The van der Waals surface area contributed by atoms with E-state index < -0.39 is 5.56 Å². The Morgan fingerprint density at radius 2 is 1.87 bits per heavy atom. The fourth-order valence-corrected chi connectivity index (χ4v) is 3.80. The zero-order valence-corrected chi connectivity index (χ0v) is 17.1. The lowest BCUT2D eigenvalue weighted by Crippen LogP contribution is -2.19. The highest BCUT2D eigenvalue weighted by Crippen LogP contribution is 2.35. The lowest BCUT2D eigenvalue weighted by Gasteiger charge is -2.03. The Bertz CT molecular complexity index is 1570. The first kappa shape index (κ1) is 18.6. The molecule has 0 unspecified atom stereocenters. The summed E-state index contributed by atoms with van der Waals surface area (Å²) in [5.74, 6) is 0.992. The van der Waals surface area contributed by atoms with E-state index in [2.05, 4.69) is 19.9 Å². The summed E-state index contributed by atoms with van der Waals surface area (Å²) in [5, 5.41) is 2.88. The lowest BCUT2D eigenvalue weighted by atomic mass is 10.1. The third-order valence-electron chi connectivity index (χ3n) is 5.25. The van der Waals surface area contributed by atoms with Crippen LogP contribution < -0.4 is 10.3 Å². The third kappa shape index (κ3) is 2.71. The molecule has 0 saturated heterocycles. The number of methoxy groups -OCH3 is 1. The maximum absolute atomic E-state index is 13.4. The van der Waals surface area contributed by atoms with Crippen molar-refractivity contribution >= 4 is 22.6 Å². The van der Waals surface area contributed by atoms with Gasteiger partial charge in [-0.1, -0.05) is 43.0 Å². The van der Waals surface area contributed by atoms with Crippen LogP contribution in [0.2, 0.25) is 0 Å². The van der Waals surface area contributed by atoms with Gasteiger partial charge in [0.2, 0.25) is 5.89 Å². The number of H-pyrrole nitrogens is 1. The Hall–Kier alpha value is -4.38. The van der Waals surface area contributed by atoms with Gasteiger partial charge in [-0.2, -0.15) is 0 Å². The number of hydrogen-bond acceptors (Lipinski definition) is 5. The summed E-state index contributed by atoms with van der Waals surface area (Å²) in [6.07, 6.45) is 0. The molecule has 8 heteroatoms. The molecule has 5 aromatic rings. The van der Waals surface area contributed by atoms with Crippen LogP contribution in [0.4, 0.5) is 5.82 Å². The van der Waals surface area contributed by atoms with Crippen LogP contribution >= 0.6 is 0 Å². The van der Waals surface area contributed by atoms with E-state index in [1.807, 2.05) is 43.3 Å². The van der Waals surface area contributed by atoms with Gasteiger partial charge in [-0.05, 0) is 31.0 Å². The van der Waals surface area contributed by atoms with E-state index >= 15 is 0 Å². The topological polar surface area (TPSA) is 89.8 Å². The average molecular weight is 411 g/mol. The highest BCUT2D eigenvalue weighted by Gasteiger charge is 2.24. The van der Waals surface area contributed by atoms with Crippen molar-refractivity contribution in [2.75, 3.05) is 7.11 Å². The van der Waals surface area contributed by atoms with E-state index in [9.17, 15) is 4.79 Å². The summed E-state index contributed by atoms with van der Waals surface area (Å²) in [7, 11) is 1.57. The molecule has 0 amide bonds. The second-order valence-electron chi connectivity index (χ2n) is 7.13. The number of oxazole rings is 1. The summed E-state index contributed by atoms with van der Waals surface area (Å²) >= 11 is 0. The number of ether oxygens (including phenoxy) is 1. The minimum atomic E-state index is -0.392. The molecule has 0 aliphatic rings. The molecule has 8 nitrogen and oxygen atoms in total. The molecule has 152 valence electrons. The number of aromatic amines is 1. The van der Waals surface area contributed by atoms with Crippen LogP contribution in [0.3, 0.4) is 0 Å². The van der Waals surface area contributed by atoms with Crippen molar-refractivity contribution in [3.63, 3.8) is 0 Å². The predicted molar refractivity (Wildman–Crippen MR) is 117 cm³/mol. The molecular formula is C23H17N5O3. The monoisotopic (exact) mass is 411 g/mol. The molecule has 31 heavy (non-hydrogen) atoms. The van der Waals surface area contributed by atoms with Gasteiger partial charge >= 0.3 is 5.56 Å². The number of rotatable bonds is 3. The van der Waals surface area contributed by atoms with Gasteiger partial charge in [0, 0.05) is 0 Å². The SMILES string of the molecule is [C-]#[N+]c1[nH]n2c(=O)c(-c3nc4c(OC)c(C)ccc4o3)c(C)nc2c1-c1ccccc1.